The molecule has 126 valence electrons. The van der Waals surface area contributed by atoms with Crippen molar-refractivity contribution in [3.05, 3.63) is 60.2 Å². The third kappa shape index (κ3) is 3.55. The summed E-state index contributed by atoms with van der Waals surface area (Å²) in [5.41, 5.74) is 1.17. The number of nitrogens with zero attached hydrogens (tertiary/aromatic N) is 1. The summed E-state index contributed by atoms with van der Waals surface area (Å²) in [6.07, 6.45) is 2.39. The summed E-state index contributed by atoms with van der Waals surface area (Å²) in [6, 6.07) is 18.6. The van der Waals surface area contributed by atoms with Crippen LogP contribution in [0.3, 0.4) is 0 Å². The Hall–Kier alpha value is -2.04. The maximum absolute atomic E-state index is 6.11. The van der Waals surface area contributed by atoms with Crippen molar-refractivity contribution in [2.75, 3.05) is 19.8 Å². The van der Waals surface area contributed by atoms with Crippen molar-refractivity contribution in [2.24, 2.45) is 0 Å². The van der Waals surface area contributed by atoms with Gasteiger partial charge in [0.15, 0.2) is 6.23 Å². The molecule has 2 atom stereocenters. The lowest BCUT2D eigenvalue weighted by molar-refractivity contribution is -0.0824. The largest absolute Gasteiger partial charge is 0.489 e. The lowest BCUT2D eigenvalue weighted by Crippen LogP contribution is -2.56. The van der Waals surface area contributed by atoms with Crippen LogP contribution < -0.4 is 9.47 Å². The van der Waals surface area contributed by atoms with Gasteiger partial charge in [0.2, 0.25) is 0 Å². The maximum atomic E-state index is 6.11. The van der Waals surface area contributed by atoms with E-state index >= 15 is 0 Å². The average Bonchev–Trinajstić information content (AvgIpc) is 3.12. The van der Waals surface area contributed by atoms with Gasteiger partial charge in [-0.3, -0.25) is 4.90 Å². The summed E-state index contributed by atoms with van der Waals surface area (Å²) in [4.78, 5) is 2.41. The third-order valence-corrected chi connectivity index (χ3v) is 4.72. The van der Waals surface area contributed by atoms with E-state index in [2.05, 4.69) is 17.0 Å². The number of rotatable bonds is 6. The molecule has 0 N–H and O–H groups in total. The van der Waals surface area contributed by atoms with Crippen LogP contribution in [0.2, 0.25) is 0 Å². The molecule has 2 fully saturated rings. The van der Waals surface area contributed by atoms with Gasteiger partial charge in [-0.15, -0.1) is 0 Å². The average molecular weight is 325 g/mol. The predicted octanol–water partition coefficient (Wildman–Crippen LogP) is 3.47. The Morgan fingerprint density at radius 3 is 2.42 bits per heavy atom. The second kappa shape index (κ2) is 7.24. The molecule has 2 aliphatic rings. The molecule has 4 nitrogen and oxygen atoms in total. The van der Waals surface area contributed by atoms with Gasteiger partial charge in [0.1, 0.15) is 18.1 Å². The van der Waals surface area contributed by atoms with Crippen molar-refractivity contribution in [2.45, 2.75) is 31.7 Å². The van der Waals surface area contributed by atoms with E-state index in [4.69, 9.17) is 14.2 Å². The Morgan fingerprint density at radius 2 is 1.75 bits per heavy atom. The molecule has 0 bridgehead atoms. The van der Waals surface area contributed by atoms with Crippen LogP contribution in [0.5, 0.6) is 11.5 Å². The van der Waals surface area contributed by atoms with E-state index in [1.807, 2.05) is 42.5 Å². The van der Waals surface area contributed by atoms with E-state index in [1.54, 1.807) is 0 Å². The normalized spacial score (nSPS) is 23.7. The Kier molecular flexibility index (Phi) is 4.67. The van der Waals surface area contributed by atoms with Crippen molar-refractivity contribution in [3.8, 4) is 11.5 Å². The lowest BCUT2D eigenvalue weighted by Gasteiger charge is -2.43. The van der Waals surface area contributed by atoms with Gasteiger partial charge >= 0.3 is 0 Å². The summed E-state index contributed by atoms with van der Waals surface area (Å²) in [5, 5.41) is 0. The van der Waals surface area contributed by atoms with Crippen LogP contribution in [0.25, 0.3) is 0 Å². The second-order valence-electron chi connectivity index (χ2n) is 6.36. The first-order chi connectivity index (χ1) is 11.9. The van der Waals surface area contributed by atoms with Crippen LogP contribution in [0.15, 0.2) is 54.6 Å². The summed E-state index contributed by atoms with van der Waals surface area (Å²) in [5.74, 6) is 1.76. The smallest absolute Gasteiger partial charge is 0.154 e. The van der Waals surface area contributed by atoms with Crippen molar-refractivity contribution in [1.29, 1.82) is 0 Å². The maximum Gasteiger partial charge on any atom is 0.154 e. The first-order valence-electron chi connectivity index (χ1n) is 8.65. The minimum atomic E-state index is 0.188. The summed E-state index contributed by atoms with van der Waals surface area (Å²) < 4.78 is 17.4. The number of hydrogen-bond acceptors (Lipinski definition) is 4. The monoisotopic (exact) mass is 325 g/mol. The fourth-order valence-electron chi connectivity index (χ4n) is 3.22. The molecule has 2 aromatic rings. The van der Waals surface area contributed by atoms with E-state index in [0.29, 0.717) is 12.6 Å². The highest BCUT2D eigenvalue weighted by Crippen LogP contribution is 2.28. The van der Waals surface area contributed by atoms with Gasteiger partial charge in [-0.1, -0.05) is 30.3 Å². The zero-order valence-electron chi connectivity index (χ0n) is 13.8. The molecule has 2 heterocycles. The summed E-state index contributed by atoms with van der Waals surface area (Å²) >= 11 is 0. The standard InChI is InChI=1S/C20H23NO3/c1-2-4-16(5-3-1)14-23-18-6-8-19(9-7-18)24-20-10-12-21(20)17-11-13-22-15-17/h1-9,17,20H,10-15H2. The molecule has 0 spiro atoms. The van der Waals surface area contributed by atoms with E-state index in [-0.39, 0.29) is 6.23 Å². The van der Waals surface area contributed by atoms with Gasteiger partial charge in [-0.05, 0) is 36.2 Å². The van der Waals surface area contributed by atoms with Crippen LogP contribution in [0.1, 0.15) is 18.4 Å². The molecule has 2 aliphatic heterocycles. The second-order valence-corrected chi connectivity index (χ2v) is 6.36. The predicted molar refractivity (Wildman–Crippen MR) is 92.2 cm³/mol. The van der Waals surface area contributed by atoms with Crippen LogP contribution in [-0.2, 0) is 11.3 Å². The zero-order chi connectivity index (χ0) is 16.2. The molecule has 4 rings (SSSR count). The number of hydrogen-bond donors (Lipinski definition) is 0. The van der Waals surface area contributed by atoms with Crippen LogP contribution in [-0.4, -0.2) is 36.9 Å². The molecular weight excluding hydrogens is 302 g/mol. The number of benzene rings is 2. The van der Waals surface area contributed by atoms with Crippen molar-refractivity contribution < 1.29 is 14.2 Å². The molecule has 2 aromatic carbocycles. The van der Waals surface area contributed by atoms with Crippen molar-refractivity contribution >= 4 is 0 Å². The van der Waals surface area contributed by atoms with E-state index in [1.165, 1.54) is 5.56 Å². The van der Waals surface area contributed by atoms with Gasteiger partial charge in [-0.25, -0.2) is 0 Å². The molecule has 0 aliphatic carbocycles. The highest BCUT2D eigenvalue weighted by atomic mass is 16.5. The highest BCUT2D eigenvalue weighted by molar-refractivity contribution is 5.31. The zero-order valence-corrected chi connectivity index (χ0v) is 13.8. The van der Waals surface area contributed by atoms with Crippen LogP contribution in [0, 0.1) is 0 Å². The van der Waals surface area contributed by atoms with Crippen LogP contribution in [0.4, 0.5) is 0 Å². The first-order valence-corrected chi connectivity index (χ1v) is 8.65. The Bertz CT molecular complexity index is 638. The quantitative estimate of drug-likeness (QED) is 0.814. The van der Waals surface area contributed by atoms with E-state index < -0.39 is 0 Å². The molecule has 0 aromatic heterocycles. The molecule has 2 unspecified atom stereocenters. The molecule has 24 heavy (non-hydrogen) atoms. The fourth-order valence-corrected chi connectivity index (χ4v) is 3.22. The van der Waals surface area contributed by atoms with Crippen LogP contribution >= 0.6 is 0 Å². The summed E-state index contributed by atoms with van der Waals surface area (Å²) in [7, 11) is 0. The van der Waals surface area contributed by atoms with Gasteiger partial charge in [-0.2, -0.15) is 0 Å². The number of likely N-dealkylation sites (tertiary alicyclic amines) is 1. The molecule has 4 heteroatoms. The first kappa shape index (κ1) is 15.5. The fraction of sp³-hybridized carbons (Fsp3) is 0.400. The summed E-state index contributed by atoms with van der Waals surface area (Å²) in [6.45, 7) is 3.41. The van der Waals surface area contributed by atoms with E-state index in [9.17, 15) is 0 Å². The Morgan fingerprint density at radius 1 is 0.958 bits per heavy atom. The minimum Gasteiger partial charge on any atom is -0.489 e. The van der Waals surface area contributed by atoms with Gasteiger partial charge in [0.05, 0.1) is 6.61 Å². The number of ether oxygens (including phenoxy) is 3. The molecule has 2 saturated heterocycles. The molecule has 0 radical (unpaired) electrons. The molecule has 0 amide bonds. The van der Waals surface area contributed by atoms with Crippen molar-refractivity contribution in [1.82, 2.24) is 4.90 Å². The topological polar surface area (TPSA) is 30.9 Å². The van der Waals surface area contributed by atoms with Crippen molar-refractivity contribution in [3.63, 3.8) is 0 Å². The van der Waals surface area contributed by atoms with E-state index in [0.717, 1.165) is 44.1 Å². The van der Waals surface area contributed by atoms with Gasteiger partial charge < -0.3 is 14.2 Å². The van der Waals surface area contributed by atoms with Gasteiger partial charge in [0.25, 0.3) is 0 Å². The highest BCUT2D eigenvalue weighted by Gasteiger charge is 2.37. The van der Waals surface area contributed by atoms with Gasteiger partial charge in [0, 0.05) is 25.6 Å². The SMILES string of the molecule is c1ccc(COc2ccc(OC3CCN3C3CCOC3)cc2)cc1. The Labute approximate surface area is 142 Å². The lowest BCUT2D eigenvalue weighted by atomic mass is 10.1. The molecular formula is C20H23NO3. The Balaban J connectivity index is 1.29. The minimum absolute atomic E-state index is 0.188. The molecule has 0 saturated carbocycles. The third-order valence-electron chi connectivity index (χ3n) is 4.72.